The van der Waals surface area contributed by atoms with Crippen LogP contribution in [-0.2, 0) is 4.74 Å². The van der Waals surface area contributed by atoms with Gasteiger partial charge >= 0.3 is 5.97 Å². The van der Waals surface area contributed by atoms with Gasteiger partial charge in [-0.2, -0.15) is 5.10 Å². The minimum Gasteiger partial charge on any atom is -0.449 e. The SMILES string of the molecule is C[C@@H](OC(=O)c1cn(-c2ccccc2)nc1-c1cccnc1)c1nnc(-c2ccccc2)o1. The molecule has 0 spiro atoms. The molecular weight excluding hydrogens is 418 g/mol. The van der Waals surface area contributed by atoms with Crippen molar-refractivity contribution in [2.24, 2.45) is 0 Å². The fourth-order valence-corrected chi connectivity index (χ4v) is 3.32. The van der Waals surface area contributed by atoms with Crippen molar-refractivity contribution in [3.63, 3.8) is 0 Å². The van der Waals surface area contributed by atoms with Crippen molar-refractivity contribution >= 4 is 5.97 Å². The molecule has 0 radical (unpaired) electrons. The van der Waals surface area contributed by atoms with Crippen LogP contribution in [0.4, 0.5) is 0 Å². The summed E-state index contributed by atoms with van der Waals surface area (Å²) >= 11 is 0. The molecular formula is C25H19N5O3. The molecule has 0 aliphatic carbocycles. The summed E-state index contributed by atoms with van der Waals surface area (Å²) in [4.78, 5) is 17.3. The van der Waals surface area contributed by atoms with Crippen molar-refractivity contribution in [2.75, 3.05) is 0 Å². The molecule has 1 atom stereocenters. The van der Waals surface area contributed by atoms with Gasteiger partial charge in [0.25, 0.3) is 5.89 Å². The monoisotopic (exact) mass is 437 g/mol. The summed E-state index contributed by atoms with van der Waals surface area (Å²) in [6.07, 6.45) is 4.22. The van der Waals surface area contributed by atoms with E-state index in [1.807, 2.05) is 66.7 Å². The summed E-state index contributed by atoms with van der Waals surface area (Å²) in [7, 11) is 0. The fourth-order valence-electron chi connectivity index (χ4n) is 3.32. The maximum absolute atomic E-state index is 13.2. The van der Waals surface area contributed by atoms with Crippen LogP contribution in [0.2, 0.25) is 0 Å². The number of hydrogen-bond donors (Lipinski definition) is 0. The highest BCUT2D eigenvalue weighted by atomic mass is 16.6. The Morgan fingerprint density at radius 2 is 1.67 bits per heavy atom. The topological polar surface area (TPSA) is 95.9 Å². The first-order valence-corrected chi connectivity index (χ1v) is 10.3. The minimum absolute atomic E-state index is 0.209. The third-order valence-electron chi connectivity index (χ3n) is 4.98. The molecule has 2 aromatic carbocycles. The first-order chi connectivity index (χ1) is 16.2. The minimum atomic E-state index is -0.746. The lowest BCUT2D eigenvalue weighted by molar-refractivity contribution is 0.0281. The average molecular weight is 437 g/mol. The Bertz CT molecular complexity index is 1370. The summed E-state index contributed by atoms with van der Waals surface area (Å²) in [6.45, 7) is 1.69. The van der Waals surface area contributed by atoms with E-state index in [-0.39, 0.29) is 5.89 Å². The molecule has 3 heterocycles. The third-order valence-corrected chi connectivity index (χ3v) is 4.98. The molecule has 0 saturated heterocycles. The van der Waals surface area contributed by atoms with Gasteiger partial charge in [0.15, 0.2) is 6.10 Å². The highest BCUT2D eigenvalue weighted by molar-refractivity contribution is 5.96. The fraction of sp³-hybridized carbons (Fsp3) is 0.0800. The van der Waals surface area contributed by atoms with Crippen LogP contribution in [0.3, 0.4) is 0 Å². The predicted molar refractivity (Wildman–Crippen MR) is 120 cm³/mol. The zero-order valence-corrected chi connectivity index (χ0v) is 17.7. The summed E-state index contributed by atoms with van der Waals surface area (Å²) in [5.41, 5.74) is 3.09. The molecule has 0 aliphatic rings. The Morgan fingerprint density at radius 1 is 0.939 bits per heavy atom. The van der Waals surface area contributed by atoms with E-state index < -0.39 is 12.1 Å². The van der Waals surface area contributed by atoms with E-state index in [0.717, 1.165) is 11.3 Å². The number of rotatable bonds is 6. The van der Waals surface area contributed by atoms with E-state index in [0.29, 0.717) is 22.7 Å². The van der Waals surface area contributed by atoms with Gasteiger partial charge < -0.3 is 9.15 Å². The van der Waals surface area contributed by atoms with E-state index in [2.05, 4.69) is 20.3 Å². The molecule has 0 aliphatic heterocycles. The van der Waals surface area contributed by atoms with E-state index in [9.17, 15) is 4.79 Å². The van der Waals surface area contributed by atoms with Crippen molar-refractivity contribution in [1.82, 2.24) is 25.0 Å². The highest BCUT2D eigenvalue weighted by Gasteiger charge is 2.25. The van der Waals surface area contributed by atoms with E-state index >= 15 is 0 Å². The summed E-state index contributed by atoms with van der Waals surface area (Å²) in [5, 5.41) is 12.7. The second kappa shape index (κ2) is 8.88. The number of aromatic nitrogens is 5. The first-order valence-electron chi connectivity index (χ1n) is 10.3. The Hall–Kier alpha value is -4.59. The first kappa shape index (κ1) is 20.3. The number of benzene rings is 2. The number of carbonyl (C=O) groups excluding carboxylic acids is 1. The van der Waals surface area contributed by atoms with Gasteiger partial charge in [-0.3, -0.25) is 4.98 Å². The molecule has 0 unspecified atom stereocenters. The van der Waals surface area contributed by atoms with Gasteiger partial charge in [-0.15, -0.1) is 10.2 Å². The van der Waals surface area contributed by atoms with Crippen molar-refractivity contribution in [2.45, 2.75) is 13.0 Å². The Kier molecular flexibility index (Phi) is 5.47. The largest absolute Gasteiger partial charge is 0.449 e. The van der Waals surface area contributed by atoms with Crippen LogP contribution in [0.15, 0.2) is 95.8 Å². The summed E-state index contributed by atoms with van der Waals surface area (Å²) < 4.78 is 13.0. The smallest absolute Gasteiger partial charge is 0.342 e. The van der Waals surface area contributed by atoms with E-state index in [1.54, 1.807) is 36.3 Å². The van der Waals surface area contributed by atoms with Crippen LogP contribution in [0.25, 0.3) is 28.4 Å². The number of ether oxygens (including phenoxy) is 1. The number of esters is 1. The molecule has 5 rings (SSSR count). The van der Waals surface area contributed by atoms with Crippen LogP contribution in [0.5, 0.6) is 0 Å². The highest BCUT2D eigenvalue weighted by Crippen LogP contribution is 2.27. The number of nitrogens with zero attached hydrogens (tertiary/aromatic N) is 5. The van der Waals surface area contributed by atoms with Gasteiger partial charge in [0.2, 0.25) is 5.89 Å². The molecule has 0 bridgehead atoms. The van der Waals surface area contributed by atoms with E-state index in [1.165, 1.54) is 0 Å². The molecule has 0 fully saturated rings. The number of hydrogen-bond acceptors (Lipinski definition) is 7. The summed E-state index contributed by atoms with van der Waals surface area (Å²) in [6, 6.07) is 22.6. The van der Waals surface area contributed by atoms with E-state index in [4.69, 9.17) is 9.15 Å². The van der Waals surface area contributed by atoms with Crippen molar-refractivity contribution in [3.8, 4) is 28.4 Å². The van der Waals surface area contributed by atoms with Gasteiger partial charge in [-0.25, -0.2) is 9.48 Å². The average Bonchev–Trinajstić information content (AvgIpc) is 3.54. The number of carbonyl (C=O) groups is 1. The van der Waals surface area contributed by atoms with Crippen molar-refractivity contribution in [1.29, 1.82) is 0 Å². The molecule has 8 heteroatoms. The molecule has 0 N–H and O–H groups in total. The van der Waals surface area contributed by atoms with Crippen LogP contribution in [-0.4, -0.2) is 30.9 Å². The maximum Gasteiger partial charge on any atom is 0.342 e. The molecule has 8 nitrogen and oxygen atoms in total. The lowest BCUT2D eigenvalue weighted by Crippen LogP contribution is -2.10. The molecule has 33 heavy (non-hydrogen) atoms. The quantitative estimate of drug-likeness (QED) is 0.349. The Morgan fingerprint density at radius 3 is 2.39 bits per heavy atom. The standard InChI is InChI=1S/C25H19N5O3/c1-17(23-27-28-24(33-23)18-9-4-2-5-10-18)32-25(31)21-16-30(20-12-6-3-7-13-20)29-22(21)19-11-8-14-26-15-19/h2-17H,1H3/t17-/m1/s1. The Labute approximate surface area is 189 Å². The van der Waals surface area contributed by atoms with Crippen LogP contribution < -0.4 is 0 Å². The zero-order valence-electron chi connectivity index (χ0n) is 17.7. The van der Waals surface area contributed by atoms with Crippen molar-refractivity contribution in [3.05, 3.63) is 103 Å². The lowest BCUT2D eigenvalue weighted by atomic mass is 10.1. The van der Waals surface area contributed by atoms with Crippen molar-refractivity contribution < 1.29 is 13.9 Å². The second-order valence-electron chi connectivity index (χ2n) is 7.27. The Balaban J connectivity index is 1.43. The second-order valence-corrected chi connectivity index (χ2v) is 7.27. The predicted octanol–water partition coefficient (Wildman–Crippen LogP) is 4.90. The van der Waals surface area contributed by atoms with Gasteiger partial charge in [0.1, 0.15) is 11.3 Å². The molecule has 0 amide bonds. The van der Waals surface area contributed by atoms with Gasteiger partial charge in [-0.1, -0.05) is 36.4 Å². The van der Waals surface area contributed by atoms with Crippen LogP contribution >= 0.6 is 0 Å². The van der Waals surface area contributed by atoms with Gasteiger partial charge in [0.05, 0.1) is 5.69 Å². The molecule has 5 aromatic rings. The third kappa shape index (κ3) is 4.27. The van der Waals surface area contributed by atoms with Crippen LogP contribution in [0.1, 0.15) is 29.3 Å². The number of pyridine rings is 1. The molecule has 0 saturated carbocycles. The zero-order chi connectivity index (χ0) is 22.6. The molecule has 162 valence electrons. The maximum atomic E-state index is 13.2. The van der Waals surface area contributed by atoms with Gasteiger partial charge in [0, 0.05) is 29.7 Å². The van der Waals surface area contributed by atoms with Gasteiger partial charge in [-0.05, 0) is 43.3 Å². The lowest BCUT2D eigenvalue weighted by Gasteiger charge is -2.09. The molecule has 3 aromatic heterocycles. The summed E-state index contributed by atoms with van der Waals surface area (Å²) in [5.74, 6) is 0.0185. The van der Waals surface area contributed by atoms with Crippen LogP contribution in [0, 0.1) is 0 Å². The normalized spacial score (nSPS) is 11.8. The number of para-hydroxylation sites is 1.